The summed E-state index contributed by atoms with van der Waals surface area (Å²) in [7, 11) is 0. The lowest BCUT2D eigenvalue weighted by atomic mass is 9.94. The van der Waals surface area contributed by atoms with Crippen molar-refractivity contribution < 1.29 is 5.21 Å². The van der Waals surface area contributed by atoms with E-state index in [0.717, 1.165) is 18.5 Å². The van der Waals surface area contributed by atoms with Crippen molar-refractivity contribution in [2.24, 2.45) is 16.8 Å². The number of hydrogen-bond donors (Lipinski definition) is 3. The largest absolute Gasteiger partial charge is 0.409 e. The number of nitrogens with zero attached hydrogens (tertiary/aromatic N) is 2. The molecule has 2 rings (SSSR count). The van der Waals surface area contributed by atoms with Crippen LogP contribution in [-0.2, 0) is 6.54 Å². The maximum absolute atomic E-state index is 8.74. The minimum atomic E-state index is 0.0537. The highest BCUT2D eigenvalue weighted by Crippen LogP contribution is 2.17. The Morgan fingerprint density at radius 3 is 3.16 bits per heavy atom. The summed E-state index contributed by atoms with van der Waals surface area (Å²) in [5.74, 6) is 0.756. The highest BCUT2D eigenvalue weighted by Gasteiger charge is 2.11. The standard InChI is InChI=1S/C14H20N4O/c15-14(18-19)13-12(7-4-8-17-13)10-16-9-11-5-2-1-3-6-11/h1-2,4,7-8,11,16,19H,3,5-6,9-10H2,(H2,15,18). The van der Waals surface area contributed by atoms with Gasteiger partial charge in [-0.1, -0.05) is 23.4 Å². The van der Waals surface area contributed by atoms with Crippen molar-refractivity contribution in [3.8, 4) is 0 Å². The number of hydrogen-bond acceptors (Lipinski definition) is 4. The average Bonchev–Trinajstić information content (AvgIpc) is 2.48. The molecule has 0 fully saturated rings. The molecular formula is C14H20N4O. The van der Waals surface area contributed by atoms with Crippen molar-refractivity contribution in [1.82, 2.24) is 10.3 Å². The fraction of sp³-hybridized carbons (Fsp3) is 0.429. The number of oxime groups is 1. The molecule has 0 saturated heterocycles. The van der Waals surface area contributed by atoms with Crippen LogP contribution in [0.25, 0.3) is 0 Å². The lowest BCUT2D eigenvalue weighted by molar-refractivity contribution is 0.318. The molecule has 1 aliphatic rings. The van der Waals surface area contributed by atoms with Crippen molar-refractivity contribution >= 4 is 5.84 Å². The second-order valence-electron chi connectivity index (χ2n) is 4.78. The van der Waals surface area contributed by atoms with Crippen LogP contribution in [-0.4, -0.2) is 22.6 Å². The first kappa shape index (κ1) is 13.5. The van der Waals surface area contributed by atoms with E-state index >= 15 is 0 Å². The normalized spacial score (nSPS) is 19.6. The molecular weight excluding hydrogens is 240 g/mol. The molecule has 1 unspecified atom stereocenters. The molecule has 0 bridgehead atoms. The van der Waals surface area contributed by atoms with Crippen LogP contribution in [0.1, 0.15) is 30.5 Å². The van der Waals surface area contributed by atoms with E-state index in [9.17, 15) is 0 Å². The summed E-state index contributed by atoms with van der Waals surface area (Å²) in [6, 6.07) is 3.79. The van der Waals surface area contributed by atoms with Gasteiger partial charge in [-0.05, 0) is 43.4 Å². The lowest BCUT2D eigenvalue weighted by Gasteiger charge is -2.18. The third-order valence-corrected chi connectivity index (χ3v) is 3.37. The van der Waals surface area contributed by atoms with Gasteiger partial charge in [0.1, 0.15) is 5.69 Å². The zero-order valence-electron chi connectivity index (χ0n) is 10.9. The van der Waals surface area contributed by atoms with E-state index < -0.39 is 0 Å². The first-order valence-corrected chi connectivity index (χ1v) is 6.58. The summed E-state index contributed by atoms with van der Waals surface area (Å²) in [6.07, 6.45) is 9.70. The Kier molecular flexibility index (Phi) is 4.92. The highest BCUT2D eigenvalue weighted by molar-refractivity contribution is 5.96. The number of rotatable bonds is 5. The van der Waals surface area contributed by atoms with Crippen molar-refractivity contribution in [1.29, 1.82) is 0 Å². The topological polar surface area (TPSA) is 83.5 Å². The Hall–Kier alpha value is -1.88. The first-order chi connectivity index (χ1) is 9.31. The monoisotopic (exact) mass is 260 g/mol. The van der Waals surface area contributed by atoms with Crippen LogP contribution in [0.15, 0.2) is 35.6 Å². The van der Waals surface area contributed by atoms with Crippen molar-refractivity contribution in [2.45, 2.75) is 25.8 Å². The number of aromatic nitrogens is 1. The summed E-state index contributed by atoms with van der Waals surface area (Å²) < 4.78 is 0. The maximum Gasteiger partial charge on any atom is 0.189 e. The molecule has 5 heteroatoms. The van der Waals surface area contributed by atoms with Crippen LogP contribution in [0.5, 0.6) is 0 Å². The Balaban J connectivity index is 1.90. The zero-order valence-corrected chi connectivity index (χ0v) is 10.9. The Morgan fingerprint density at radius 2 is 2.42 bits per heavy atom. The molecule has 1 heterocycles. The minimum Gasteiger partial charge on any atom is -0.409 e. The van der Waals surface area contributed by atoms with E-state index in [1.54, 1.807) is 6.20 Å². The molecule has 0 aliphatic heterocycles. The zero-order chi connectivity index (χ0) is 13.5. The predicted octanol–water partition coefficient (Wildman–Crippen LogP) is 1.62. The number of nitrogens with one attached hydrogen (secondary N) is 1. The third-order valence-electron chi connectivity index (χ3n) is 3.37. The van der Waals surface area contributed by atoms with Crippen molar-refractivity contribution in [3.05, 3.63) is 41.7 Å². The molecule has 19 heavy (non-hydrogen) atoms. The molecule has 1 atom stereocenters. The SMILES string of the molecule is NC(=NO)c1ncccc1CNCC1CC=CCC1. The molecule has 1 aromatic rings. The summed E-state index contributed by atoms with van der Waals surface area (Å²) in [4.78, 5) is 4.15. The number of pyridine rings is 1. The van der Waals surface area contributed by atoms with Gasteiger partial charge in [0.05, 0.1) is 0 Å². The molecule has 0 spiro atoms. The Bertz CT molecular complexity index is 470. The number of nitrogens with two attached hydrogens (primary N) is 1. The van der Waals surface area contributed by atoms with Gasteiger partial charge >= 0.3 is 0 Å². The lowest BCUT2D eigenvalue weighted by Crippen LogP contribution is -2.25. The summed E-state index contributed by atoms with van der Waals surface area (Å²) in [5, 5.41) is 15.2. The van der Waals surface area contributed by atoms with Gasteiger partial charge in [0.2, 0.25) is 0 Å². The van der Waals surface area contributed by atoms with E-state index in [0.29, 0.717) is 18.2 Å². The van der Waals surface area contributed by atoms with Crippen LogP contribution in [0.2, 0.25) is 0 Å². The predicted molar refractivity (Wildman–Crippen MR) is 74.9 cm³/mol. The van der Waals surface area contributed by atoms with Crippen LogP contribution in [0.4, 0.5) is 0 Å². The summed E-state index contributed by atoms with van der Waals surface area (Å²) in [5.41, 5.74) is 7.10. The van der Waals surface area contributed by atoms with E-state index in [4.69, 9.17) is 10.9 Å². The van der Waals surface area contributed by atoms with Gasteiger partial charge in [0.15, 0.2) is 5.84 Å². The van der Waals surface area contributed by atoms with Crippen molar-refractivity contribution in [2.75, 3.05) is 6.54 Å². The molecule has 0 aromatic carbocycles. The number of allylic oxidation sites excluding steroid dienone is 2. The first-order valence-electron chi connectivity index (χ1n) is 6.58. The molecule has 102 valence electrons. The van der Waals surface area contributed by atoms with E-state index in [2.05, 4.69) is 27.6 Å². The van der Waals surface area contributed by atoms with E-state index in [1.165, 1.54) is 12.8 Å². The molecule has 4 N–H and O–H groups in total. The van der Waals surface area contributed by atoms with Crippen LogP contribution < -0.4 is 11.1 Å². The molecule has 1 aliphatic carbocycles. The van der Waals surface area contributed by atoms with Gasteiger partial charge in [-0.3, -0.25) is 4.98 Å². The third kappa shape index (κ3) is 3.79. The Morgan fingerprint density at radius 1 is 1.53 bits per heavy atom. The van der Waals surface area contributed by atoms with Crippen molar-refractivity contribution in [3.63, 3.8) is 0 Å². The fourth-order valence-electron chi connectivity index (χ4n) is 2.31. The van der Waals surface area contributed by atoms with Gasteiger partial charge in [-0.15, -0.1) is 0 Å². The smallest absolute Gasteiger partial charge is 0.189 e. The molecule has 0 amide bonds. The van der Waals surface area contributed by atoms with Gasteiger partial charge in [0, 0.05) is 12.7 Å². The number of amidine groups is 1. The van der Waals surface area contributed by atoms with Crippen LogP contribution >= 0.6 is 0 Å². The Labute approximate surface area is 113 Å². The van der Waals surface area contributed by atoms with Gasteiger partial charge in [-0.2, -0.15) is 0 Å². The fourth-order valence-corrected chi connectivity index (χ4v) is 2.31. The van der Waals surface area contributed by atoms with Crippen LogP contribution in [0.3, 0.4) is 0 Å². The van der Waals surface area contributed by atoms with E-state index in [-0.39, 0.29) is 5.84 Å². The molecule has 5 nitrogen and oxygen atoms in total. The highest BCUT2D eigenvalue weighted by atomic mass is 16.4. The second-order valence-corrected chi connectivity index (χ2v) is 4.78. The minimum absolute atomic E-state index is 0.0537. The second kappa shape index (κ2) is 6.89. The maximum atomic E-state index is 8.74. The molecule has 0 saturated carbocycles. The van der Waals surface area contributed by atoms with Crippen LogP contribution in [0, 0.1) is 5.92 Å². The van der Waals surface area contributed by atoms with Gasteiger partial charge in [-0.25, -0.2) is 0 Å². The summed E-state index contributed by atoms with van der Waals surface area (Å²) in [6.45, 7) is 1.66. The molecule has 0 radical (unpaired) electrons. The quantitative estimate of drug-likeness (QED) is 0.247. The van der Waals surface area contributed by atoms with Gasteiger partial charge < -0.3 is 16.3 Å². The summed E-state index contributed by atoms with van der Waals surface area (Å²) >= 11 is 0. The molecule has 1 aromatic heterocycles. The van der Waals surface area contributed by atoms with E-state index in [1.807, 2.05) is 12.1 Å². The average molecular weight is 260 g/mol. The van der Waals surface area contributed by atoms with Gasteiger partial charge in [0.25, 0.3) is 0 Å².